The SMILES string of the molecule is CCC/C=N/NC(=O)c1sc2ccccc2c1Cl. The first kappa shape index (κ1) is 13.1. The maximum absolute atomic E-state index is 11.9. The molecular formula is C13H13ClN2OS. The van der Waals surface area contributed by atoms with E-state index in [1.54, 1.807) is 6.21 Å². The van der Waals surface area contributed by atoms with E-state index in [1.165, 1.54) is 11.3 Å². The van der Waals surface area contributed by atoms with Gasteiger partial charge in [0.05, 0.1) is 5.02 Å². The van der Waals surface area contributed by atoms with Crippen LogP contribution in [0, 0.1) is 0 Å². The van der Waals surface area contributed by atoms with E-state index >= 15 is 0 Å². The van der Waals surface area contributed by atoms with Gasteiger partial charge < -0.3 is 0 Å². The van der Waals surface area contributed by atoms with Crippen molar-refractivity contribution in [2.75, 3.05) is 0 Å². The molecule has 0 unspecified atom stereocenters. The van der Waals surface area contributed by atoms with Crippen molar-refractivity contribution in [1.29, 1.82) is 0 Å². The van der Waals surface area contributed by atoms with Crippen LogP contribution in [0.5, 0.6) is 0 Å². The van der Waals surface area contributed by atoms with Crippen molar-refractivity contribution in [3.63, 3.8) is 0 Å². The Labute approximate surface area is 114 Å². The van der Waals surface area contributed by atoms with Crippen molar-refractivity contribution in [3.05, 3.63) is 34.2 Å². The molecule has 1 aromatic heterocycles. The molecule has 1 amide bonds. The number of unbranched alkanes of at least 4 members (excludes halogenated alkanes) is 1. The van der Waals surface area contributed by atoms with Crippen molar-refractivity contribution in [2.45, 2.75) is 19.8 Å². The van der Waals surface area contributed by atoms with Gasteiger partial charge in [0.1, 0.15) is 4.88 Å². The average molecular weight is 281 g/mol. The molecule has 5 heteroatoms. The number of halogens is 1. The number of thiophene rings is 1. The number of carbonyl (C=O) groups excluding carboxylic acids is 1. The molecule has 1 aromatic carbocycles. The van der Waals surface area contributed by atoms with Gasteiger partial charge in [-0.3, -0.25) is 4.79 Å². The molecule has 0 atom stereocenters. The normalized spacial score (nSPS) is 11.2. The largest absolute Gasteiger partial charge is 0.282 e. The number of benzene rings is 1. The van der Waals surface area contributed by atoms with E-state index in [1.807, 2.05) is 24.3 Å². The molecule has 0 aliphatic heterocycles. The van der Waals surface area contributed by atoms with Crippen molar-refractivity contribution in [2.24, 2.45) is 5.10 Å². The summed E-state index contributed by atoms with van der Waals surface area (Å²) < 4.78 is 1.00. The summed E-state index contributed by atoms with van der Waals surface area (Å²) in [6.07, 6.45) is 3.54. The lowest BCUT2D eigenvalue weighted by Gasteiger charge is -1.96. The molecule has 94 valence electrons. The van der Waals surface area contributed by atoms with E-state index in [9.17, 15) is 4.79 Å². The van der Waals surface area contributed by atoms with Gasteiger partial charge in [0.2, 0.25) is 0 Å². The summed E-state index contributed by atoms with van der Waals surface area (Å²) in [5, 5.41) is 5.28. The summed E-state index contributed by atoms with van der Waals surface area (Å²) in [5.74, 6) is -0.256. The second kappa shape index (κ2) is 5.98. The maximum Gasteiger partial charge on any atom is 0.282 e. The Morgan fingerprint density at radius 3 is 3.00 bits per heavy atom. The summed E-state index contributed by atoms with van der Waals surface area (Å²) in [6, 6.07) is 7.69. The third kappa shape index (κ3) is 2.71. The number of nitrogens with one attached hydrogen (secondary N) is 1. The first-order valence-electron chi connectivity index (χ1n) is 5.73. The fourth-order valence-electron chi connectivity index (χ4n) is 1.51. The molecule has 1 heterocycles. The topological polar surface area (TPSA) is 41.5 Å². The highest BCUT2D eigenvalue weighted by Crippen LogP contribution is 2.34. The van der Waals surface area contributed by atoms with Crippen molar-refractivity contribution < 1.29 is 4.79 Å². The van der Waals surface area contributed by atoms with Crippen LogP contribution in [-0.4, -0.2) is 12.1 Å². The third-order valence-electron chi connectivity index (χ3n) is 2.42. The van der Waals surface area contributed by atoms with Crippen LogP contribution in [0.1, 0.15) is 29.4 Å². The van der Waals surface area contributed by atoms with E-state index in [0.29, 0.717) is 9.90 Å². The highest BCUT2D eigenvalue weighted by atomic mass is 35.5. The summed E-state index contributed by atoms with van der Waals surface area (Å²) in [4.78, 5) is 12.4. The molecule has 0 spiro atoms. The van der Waals surface area contributed by atoms with Crippen LogP contribution in [0.2, 0.25) is 5.02 Å². The number of nitrogens with zero attached hydrogens (tertiary/aromatic N) is 1. The Morgan fingerprint density at radius 1 is 1.50 bits per heavy atom. The van der Waals surface area contributed by atoms with Crippen LogP contribution in [0.3, 0.4) is 0 Å². The second-order valence-corrected chi connectivity index (χ2v) is 5.21. The molecule has 2 rings (SSSR count). The van der Waals surface area contributed by atoms with Crippen molar-refractivity contribution in [1.82, 2.24) is 5.43 Å². The summed E-state index contributed by atoms with van der Waals surface area (Å²) >= 11 is 7.57. The average Bonchev–Trinajstić information content (AvgIpc) is 2.73. The van der Waals surface area contributed by atoms with Gasteiger partial charge >= 0.3 is 0 Å². The standard InChI is InChI=1S/C13H13ClN2OS/c1-2-3-8-15-16-13(17)12-11(14)9-6-4-5-7-10(9)18-12/h4-8H,2-3H2,1H3,(H,16,17)/b15-8+. The second-order valence-electron chi connectivity index (χ2n) is 3.78. The summed E-state index contributed by atoms with van der Waals surface area (Å²) in [7, 11) is 0. The van der Waals surface area contributed by atoms with E-state index in [4.69, 9.17) is 11.6 Å². The van der Waals surface area contributed by atoms with Crippen LogP contribution >= 0.6 is 22.9 Å². The first-order valence-corrected chi connectivity index (χ1v) is 6.92. The lowest BCUT2D eigenvalue weighted by atomic mass is 10.2. The number of amides is 1. The Kier molecular flexibility index (Phi) is 4.33. The third-order valence-corrected chi connectivity index (χ3v) is 4.09. The van der Waals surface area contributed by atoms with Crippen molar-refractivity contribution in [3.8, 4) is 0 Å². The lowest BCUT2D eigenvalue weighted by Crippen LogP contribution is -2.16. The molecule has 0 saturated carbocycles. The van der Waals surface area contributed by atoms with Gasteiger partial charge in [0, 0.05) is 16.3 Å². The molecule has 1 N–H and O–H groups in total. The predicted octanol–water partition coefficient (Wildman–Crippen LogP) is 4.07. The molecular weight excluding hydrogens is 268 g/mol. The highest BCUT2D eigenvalue weighted by molar-refractivity contribution is 7.21. The van der Waals surface area contributed by atoms with E-state index in [0.717, 1.165) is 22.9 Å². The summed E-state index contributed by atoms with van der Waals surface area (Å²) in [5.41, 5.74) is 2.49. The van der Waals surface area contributed by atoms with Crippen LogP contribution < -0.4 is 5.43 Å². The van der Waals surface area contributed by atoms with Gasteiger partial charge in [-0.25, -0.2) is 5.43 Å². The van der Waals surface area contributed by atoms with Crippen LogP contribution in [-0.2, 0) is 0 Å². The molecule has 0 bridgehead atoms. The Hall–Kier alpha value is -1.39. The Morgan fingerprint density at radius 2 is 2.28 bits per heavy atom. The first-order chi connectivity index (χ1) is 8.74. The smallest absolute Gasteiger partial charge is 0.266 e. The van der Waals surface area contributed by atoms with Gasteiger partial charge in [-0.05, 0) is 12.5 Å². The van der Waals surface area contributed by atoms with Gasteiger partial charge in [0.25, 0.3) is 5.91 Å². The Bertz CT molecular complexity index is 592. The fraction of sp³-hybridized carbons (Fsp3) is 0.231. The minimum atomic E-state index is -0.256. The van der Waals surface area contributed by atoms with Gasteiger partial charge in [0.15, 0.2) is 0 Å². The summed E-state index contributed by atoms with van der Waals surface area (Å²) in [6.45, 7) is 2.05. The van der Waals surface area contributed by atoms with Gasteiger partial charge in [-0.15, -0.1) is 11.3 Å². The van der Waals surface area contributed by atoms with Crippen LogP contribution in [0.15, 0.2) is 29.4 Å². The van der Waals surface area contributed by atoms with E-state index < -0.39 is 0 Å². The number of hydrogen-bond acceptors (Lipinski definition) is 3. The number of rotatable bonds is 4. The zero-order valence-corrected chi connectivity index (χ0v) is 11.5. The Balaban J connectivity index is 2.20. The van der Waals surface area contributed by atoms with Crippen LogP contribution in [0.4, 0.5) is 0 Å². The fourth-order valence-corrected chi connectivity index (χ4v) is 2.92. The number of hydrazone groups is 1. The number of hydrogen-bond donors (Lipinski definition) is 1. The molecule has 3 nitrogen and oxygen atoms in total. The molecule has 0 radical (unpaired) electrons. The van der Waals surface area contributed by atoms with Crippen LogP contribution in [0.25, 0.3) is 10.1 Å². The number of carbonyl (C=O) groups is 1. The minimum Gasteiger partial charge on any atom is -0.266 e. The minimum absolute atomic E-state index is 0.256. The molecule has 0 saturated heterocycles. The zero-order chi connectivity index (χ0) is 13.0. The number of fused-ring (bicyclic) bond motifs is 1. The monoisotopic (exact) mass is 280 g/mol. The quantitative estimate of drug-likeness (QED) is 0.666. The molecule has 0 fully saturated rings. The van der Waals surface area contributed by atoms with E-state index in [2.05, 4.69) is 17.5 Å². The predicted molar refractivity (Wildman–Crippen MR) is 77.7 cm³/mol. The van der Waals surface area contributed by atoms with Gasteiger partial charge in [-0.2, -0.15) is 5.10 Å². The molecule has 0 aliphatic rings. The lowest BCUT2D eigenvalue weighted by molar-refractivity contribution is 0.0959. The van der Waals surface area contributed by atoms with Crippen molar-refractivity contribution >= 4 is 45.1 Å². The molecule has 0 aliphatic carbocycles. The zero-order valence-electron chi connectivity index (χ0n) is 9.94. The van der Waals surface area contributed by atoms with E-state index in [-0.39, 0.29) is 5.91 Å². The molecule has 2 aromatic rings. The molecule has 18 heavy (non-hydrogen) atoms. The van der Waals surface area contributed by atoms with Gasteiger partial charge in [-0.1, -0.05) is 43.1 Å². The maximum atomic E-state index is 11.9. The highest BCUT2D eigenvalue weighted by Gasteiger charge is 2.16.